The van der Waals surface area contributed by atoms with E-state index < -0.39 is 5.60 Å². The number of fused-ring (bicyclic) bond motifs is 1. The van der Waals surface area contributed by atoms with Gasteiger partial charge in [0.25, 0.3) is 0 Å². The fraction of sp³-hybridized carbons (Fsp3) is 0.833. The number of amides is 1. The lowest BCUT2D eigenvalue weighted by Crippen LogP contribution is -2.46. The second-order valence-electron chi connectivity index (χ2n) is 5.71. The molecule has 2 fully saturated rings. The van der Waals surface area contributed by atoms with Crippen LogP contribution in [0.2, 0.25) is 0 Å². The molecular formula is C12H19NO4. The van der Waals surface area contributed by atoms with Crippen LogP contribution in [0, 0.1) is 11.8 Å². The second kappa shape index (κ2) is 4.20. The summed E-state index contributed by atoms with van der Waals surface area (Å²) in [5.41, 5.74) is -0.496. The lowest BCUT2D eigenvalue weighted by Gasteiger charge is -2.33. The molecule has 5 heteroatoms. The number of hydrogen-bond donors (Lipinski definition) is 0. The minimum absolute atomic E-state index is 0.156. The van der Waals surface area contributed by atoms with Crippen molar-refractivity contribution in [2.45, 2.75) is 32.8 Å². The van der Waals surface area contributed by atoms with Gasteiger partial charge in [0.2, 0.25) is 0 Å². The molecule has 0 saturated carbocycles. The monoisotopic (exact) mass is 241 g/mol. The van der Waals surface area contributed by atoms with Crippen LogP contribution in [-0.4, -0.2) is 42.3 Å². The Bertz CT molecular complexity index is 334. The predicted octanol–water partition coefficient (Wildman–Crippen LogP) is 1.42. The summed E-state index contributed by atoms with van der Waals surface area (Å²) in [5.74, 6) is -0.0549. The number of carbonyl (C=O) groups is 2. The number of nitrogens with zero attached hydrogens (tertiary/aromatic N) is 1. The zero-order valence-electron chi connectivity index (χ0n) is 10.6. The van der Waals surface area contributed by atoms with E-state index in [2.05, 4.69) is 0 Å². The van der Waals surface area contributed by atoms with Gasteiger partial charge >= 0.3 is 12.1 Å². The third-order valence-electron chi connectivity index (χ3n) is 3.15. The number of likely N-dealkylation sites (tertiary alicyclic amines) is 1. The van der Waals surface area contributed by atoms with Crippen LogP contribution in [0.15, 0.2) is 0 Å². The fourth-order valence-corrected chi connectivity index (χ4v) is 2.26. The second-order valence-corrected chi connectivity index (χ2v) is 5.71. The zero-order valence-corrected chi connectivity index (χ0v) is 10.6. The van der Waals surface area contributed by atoms with Crippen molar-refractivity contribution in [2.75, 3.05) is 19.7 Å². The van der Waals surface area contributed by atoms with E-state index in [4.69, 9.17) is 9.47 Å². The van der Waals surface area contributed by atoms with E-state index in [-0.39, 0.29) is 23.9 Å². The highest BCUT2D eigenvalue weighted by Crippen LogP contribution is 2.30. The van der Waals surface area contributed by atoms with Crippen molar-refractivity contribution in [3.63, 3.8) is 0 Å². The van der Waals surface area contributed by atoms with E-state index in [1.807, 2.05) is 20.8 Å². The molecule has 2 rings (SSSR count). The lowest BCUT2D eigenvalue weighted by atomic mass is 9.88. The maximum Gasteiger partial charge on any atom is 0.410 e. The number of piperidine rings is 1. The SMILES string of the molecule is CC(C)(C)OC(=O)N1CCC2COC(=O)[C@@H]2C1. The number of carbonyl (C=O) groups excluding carboxylic acids is 2. The Labute approximate surface area is 101 Å². The average molecular weight is 241 g/mol. The van der Waals surface area contributed by atoms with Gasteiger partial charge in [-0.3, -0.25) is 4.79 Å². The van der Waals surface area contributed by atoms with Crippen LogP contribution in [-0.2, 0) is 14.3 Å². The van der Waals surface area contributed by atoms with E-state index in [1.165, 1.54) is 0 Å². The first-order chi connectivity index (χ1) is 7.87. The van der Waals surface area contributed by atoms with Gasteiger partial charge in [-0.05, 0) is 27.2 Å². The highest BCUT2D eigenvalue weighted by molar-refractivity contribution is 5.77. The van der Waals surface area contributed by atoms with E-state index in [1.54, 1.807) is 4.90 Å². The van der Waals surface area contributed by atoms with Gasteiger partial charge in [0.1, 0.15) is 5.60 Å². The number of ether oxygens (including phenoxy) is 2. The molecule has 96 valence electrons. The van der Waals surface area contributed by atoms with E-state index >= 15 is 0 Å². The molecule has 17 heavy (non-hydrogen) atoms. The van der Waals surface area contributed by atoms with E-state index in [9.17, 15) is 9.59 Å². The highest BCUT2D eigenvalue weighted by atomic mass is 16.6. The summed E-state index contributed by atoms with van der Waals surface area (Å²) in [5, 5.41) is 0. The molecule has 0 aromatic rings. The maximum absolute atomic E-state index is 11.9. The number of cyclic esters (lactones) is 1. The van der Waals surface area contributed by atoms with E-state index in [0.29, 0.717) is 19.7 Å². The Morgan fingerprint density at radius 2 is 2.18 bits per heavy atom. The van der Waals surface area contributed by atoms with Crippen LogP contribution < -0.4 is 0 Å². The van der Waals surface area contributed by atoms with Crippen molar-refractivity contribution in [3.8, 4) is 0 Å². The van der Waals surface area contributed by atoms with Crippen molar-refractivity contribution in [1.82, 2.24) is 4.90 Å². The summed E-state index contributed by atoms with van der Waals surface area (Å²) in [4.78, 5) is 24.9. The third kappa shape index (κ3) is 2.70. The van der Waals surface area contributed by atoms with Gasteiger partial charge in [0, 0.05) is 19.0 Å². The molecule has 0 aromatic heterocycles. The van der Waals surface area contributed by atoms with Crippen molar-refractivity contribution in [1.29, 1.82) is 0 Å². The Balaban J connectivity index is 1.95. The molecule has 1 amide bonds. The molecule has 0 N–H and O–H groups in total. The normalized spacial score (nSPS) is 28.6. The van der Waals surface area contributed by atoms with Crippen molar-refractivity contribution in [2.24, 2.45) is 11.8 Å². The molecule has 5 nitrogen and oxygen atoms in total. The standard InChI is InChI=1S/C12H19NO4/c1-12(2,3)17-11(15)13-5-4-8-7-16-10(14)9(8)6-13/h8-9H,4-7H2,1-3H3/t8?,9-/m1/s1. The molecule has 2 heterocycles. The summed E-state index contributed by atoms with van der Waals surface area (Å²) < 4.78 is 10.3. The molecule has 2 atom stereocenters. The van der Waals surface area contributed by atoms with Crippen LogP contribution in [0.25, 0.3) is 0 Å². The average Bonchev–Trinajstić information content (AvgIpc) is 2.57. The minimum Gasteiger partial charge on any atom is -0.465 e. The number of hydrogen-bond acceptors (Lipinski definition) is 4. The molecular weight excluding hydrogens is 222 g/mol. The summed E-state index contributed by atoms with van der Waals surface area (Å²) >= 11 is 0. The molecule has 2 aliphatic rings. The Hall–Kier alpha value is -1.26. The topological polar surface area (TPSA) is 55.8 Å². The van der Waals surface area contributed by atoms with Crippen LogP contribution in [0.5, 0.6) is 0 Å². The van der Waals surface area contributed by atoms with Gasteiger partial charge < -0.3 is 14.4 Å². The summed E-state index contributed by atoms with van der Waals surface area (Å²) in [6.45, 7) is 7.08. The molecule has 0 aromatic carbocycles. The minimum atomic E-state index is -0.496. The predicted molar refractivity (Wildman–Crippen MR) is 60.4 cm³/mol. The first-order valence-corrected chi connectivity index (χ1v) is 6.01. The fourth-order valence-electron chi connectivity index (χ4n) is 2.26. The van der Waals surface area contributed by atoms with Gasteiger partial charge in [-0.1, -0.05) is 0 Å². The van der Waals surface area contributed by atoms with Gasteiger partial charge in [0.05, 0.1) is 12.5 Å². The van der Waals surface area contributed by atoms with Gasteiger partial charge in [-0.2, -0.15) is 0 Å². The quantitative estimate of drug-likeness (QED) is 0.602. The third-order valence-corrected chi connectivity index (χ3v) is 3.15. The number of rotatable bonds is 0. The molecule has 0 aliphatic carbocycles. The Kier molecular flexibility index (Phi) is 3.02. The lowest BCUT2D eigenvalue weighted by molar-refractivity contribution is -0.141. The van der Waals surface area contributed by atoms with E-state index in [0.717, 1.165) is 6.42 Å². The van der Waals surface area contributed by atoms with Gasteiger partial charge in [0.15, 0.2) is 0 Å². The summed E-state index contributed by atoms with van der Waals surface area (Å²) in [7, 11) is 0. The van der Waals surface area contributed by atoms with Gasteiger partial charge in [-0.15, -0.1) is 0 Å². The number of esters is 1. The van der Waals surface area contributed by atoms with Crippen molar-refractivity contribution in [3.05, 3.63) is 0 Å². The summed E-state index contributed by atoms with van der Waals surface area (Å²) in [6, 6.07) is 0. The zero-order chi connectivity index (χ0) is 12.6. The smallest absolute Gasteiger partial charge is 0.410 e. The molecule has 2 saturated heterocycles. The Morgan fingerprint density at radius 1 is 1.47 bits per heavy atom. The molecule has 1 unspecified atom stereocenters. The first kappa shape index (κ1) is 12.2. The Morgan fingerprint density at radius 3 is 2.82 bits per heavy atom. The summed E-state index contributed by atoms with van der Waals surface area (Å²) in [6.07, 6.45) is 0.478. The molecule has 2 aliphatic heterocycles. The maximum atomic E-state index is 11.9. The van der Waals surface area contributed by atoms with Crippen LogP contribution >= 0.6 is 0 Å². The van der Waals surface area contributed by atoms with Crippen LogP contribution in [0.4, 0.5) is 4.79 Å². The van der Waals surface area contributed by atoms with Crippen LogP contribution in [0.3, 0.4) is 0 Å². The molecule has 0 radical (unpaired) electrons. The van der Waals surface area contributed by atoms with Crippen molar-refractivity contribution < 1.29 is 19.1 Å². The highest BCUT2D eigenvalue weighted by Gasteiger charge is 2.42. The largest absolute Gasteiger partial charge is 0.465 e. The first-order valence-electron chi connectivity index (χ1n) is 6.01. The van der Waals surface area contributed by atoms with Gasteiger partial charge in [-0.25, -0.2) is 4.79 Å². The van der Waals surface area contributed by atoms with Crippen LogP contribution in [0.1, 0.15) is 27.2 Å². The van der Waals surface area contributed by atoms with Crippen molar-refractivity contribution >= 4 is 12.1 Å². The molecule has 0 spiro atoms. The molecule has 0 bridgehead atoms.